The molecule has 2 aromatic carbocycles. The van der Waals surface area contributed by atoms with E-state index in [9.17, 15) is 19.9 Å². The maximum absolute atomic E-state index is 13.6. The minimum absolute atomic E-state index is 0.0761. The molecule has 31 heavy (non-hydrogen) atoms. The molecule has 0 saturated carbocycles. The monoisotopic (exact) mass is 424 g/mol. The molecule has 0 radical (unpaired) electrons. The largest absolute Gasteiger partial charge is 0.485 e. The van der Waals surface area contributed by atoms with Crippen LogP contribution in [0.1, 0.15) is 42.7 Å². The third-order valence-corrected chi connectivity index (χ3v) is 5.29. The lowest BCUT2D eigenvalue weighted by Crippen LogP contribution is -2.53. The van der Waals surface area contributed by atoms with Crippen LogP contribution in [-0.2, 0) is 13.2 Å². The van der Waals surface area contributed by atoms with Crippen LogP contribution in [0.2, 0.25) is 0 Å². The Bertz CT molecular complexity index is 1120. The van der Waals surface area contributed by atoms with Gasteiger partial charge < -0.3 is 24.4 Å². The van der Waals surface area contributed by atoms with Gasteiger partial charge in [0.15, 0.2) is 5.82 Å². The Labute approximate surface area is 178 Å². The quantitative estimate of drug-likeness (QED) is 0.642. The zero-order valence-corrected chi connectivity index (χ0v) is 17.0. The SMILES string of the molecule is CC1(C)Oc2ccc(C#N)cc2[C@H](N(Cc2nc(CO)no2)c2ccc(F)cc2)[C@H]1O. The van der Waals surface area contributed by atoms with Crippen molar-refractivity contribution in [1.29, 1.82) is 5.26 Å². The molecule has 9 heteroatoms. The molecular formula is C22H21FN4O4. The lowest BCUT2D eigenvalue weighted by molar-refractivity contribution is -0.0592. The van der Waals surface area contributed by atoms with E-state index in [-0.39, 0.29) is 24.9 Å². The number of halogens is 1. The van der Waals surface area contributed by atoms with Crippen LogP contribution in [0, 0.1) is 17.1 Å². The molecule has 4 rings (SSSR count). The molecule has 1 aliphatic heterocycles. The van der Waals surface area contributed by atoms with E-state index >= 15 is 0 Å². The maximum atomic E-state index is 13.6. The van der Waals surface area contributed by atoms with E-state index in [4.69, 9.17) is 9.26 Å². The molecule has 0 saturated heterocycles. The van der Waals surface area contributed by atoms with Crippen molar-refractivity contribution >= 4 is 5.69 Å². The molecule has 1 aromatic heterocycles. The Balaban J connectivity index is 1.86. The summed E-state index contributed by atoms with van der Waals surface area (Å²) in [5.74, 6) is 0.481. The lowest BCUT2D eigenvalue weighted by atomic mass is 9.84. The number of anilines is 1. The normalized spacial score (nSPS) is 19.2. The summed E-state index contributed by atoms with van der Waals surface area (Å²) in [6.07, 6.45) is -1.01. The minimum atomic E-state index is -1.01. The van der Waals surface area contributed by atoms with Gasteiger partial charge in [-0.1, -0.05) is 5.16 Å². The number of ether oxygens (including phenoxy) is 1. The van der Waals surface area contributed by atoms with E-state index in [1.165, 1.54) is 12.1 Å². The summed E-state index contributed by atoms with van der Waals surface area (Å²) < 4.78 is 24.9. The van der Waals surface area contributed by atoms with Gasteiger partial charge >= 0.3 is 0 Å². The predicted octanol–water partition coefficient (Wildman–Crippen LogP) is 2.85. The molecule has 160 valence electrons. The molecule has 2 N–H and O–H groups in total. The standard InChI is InChI=1S/C22H21FN4O4/c1-22(2)21(29)20(16-9-13(10-24)3-8-17(16)30-22)27(15-6-4-14(23)5-7-15)11-19-25-18(12-28)26-31-19/h3-9,20-21,28-29H,11-12H2,1-2H3/t20-,21+/m0/s1. The Morgan fingerprint density at radius 1 is 1.23 bits per heavy atom. The van der Waals surface area contributed by atoms with Gasteiger partial charge in [-0.05, 0) is 56.3 Å². The first kappa shape index (κ1) is 20.8. The van der Waals surface area contributed by atoms with Crippen molar-refractivity contribution in [3.8, 4) is 11.8 Å². The Kier molecular flexibility index (Phi) is 5.35. The van der Waals surface area contributed by atoms with Crippen LogP contribution in [0.4, 0.5) is 10.1 Å². The topological polar surface area (TPSA) is 116 Å². The Morgan fingerprint density at radius 3 is 2.61 bits per heavy atom. The second kappa shape index (κ2) is 7.98. The second-order valence-corrected chi connectivity index (χ2v) is 7.83. The first-order valence-corrected chi connectivity index (χ1v) is 9.68. The van der Waals surface area contributed by atoms with E-state index < -0.39 is 23.6 Å². The number of hydrogen-bond acceptors (Lipinski definition) is 8. The van der Waals surface area contributed by atoms with Crippen LogP contribution in [0.5, 0.6) is 5.75 Å². The fourth-order valence-electron chi connectivity index (χ4n) is 3.72. The summed E-state index contributed by atoms with van der Waals surface area (Å²) in [6, 6.07) is 12.3. The van der Waals surface area contributed by atoms with E-state index in [0.29, 0.717) is 22.6 Å². The number of aliphatic hydroxyl groups excluding tert-OH is 2. The molecular weight excluding hydrogens is 403 g/mol. The minimum Gasteiger partial charge on any atom is -0.485 e. The van der Waals surface area contributed by atoms with E-state index in [1.807, 2.05) is 0 Å². The van der Waals surface area contributed by atoms with Crippen molar-refractivity contribution < 1.29 is 23.9 Å². The smallest absolute Gasteiger partial charge is 0.246 e. The van der Waals surface area contributed by atoms with Gasteiger partial charge in [0.2, 0.25) is 5.89 Å². The third kappa shape index (κ3) is 3.95. The highest BCUT2D eigenvalue weighted by atomic mass is 19.1. The van der Waals surface area contributed by atoms with Gasteiger partial charge in [0.1, 0.15) is 29.9 Å². The predicted molar refractivity (Wildman–Crippen MR) is 107 cm³/mol. The number of hydrogen-bond donors (Lipinski definition) is 2. The molecule has 0 amide bonds. The van der Waals surface area contributed by atoms with Crippen molar-refractivity contribution in [3.63, 3.8) is 0 Å². The van der Waals surface area contributed by atoms with E-state index in [0.717, 1.165) is 0 Å². The van der Waals surface area contributed by atoms with Crippen molar-refractivity contribution in [2.24, 2.45) is 0 Å². The lowest BCUT2D eigenvalue weighted by Gasteiger charge is -2.46. The highest BCUT2D eigenvalue weighted by Gasteiger charge is 2.46. The summed E-state index contributed by atoms with van der Waals surface area (Å²) in [6.45, 7) is 3.24. The molecule has 0 bridgehead atoms. The molecule has 2 atom stereocenters. The zero-order valence-electron chi connectivity index (χ0n) is 17.0. The number of nitrogens with zero attached hydrogens (tertiary/aromatic N) is 4. The molecule has 8 nitrogen and oxygen atoms in total. The van der Waals surface area contributed by atoms with Crippen LogP contribution < -0.4 is 9.64 Å². The maximum Gasteiger partial charge on any atom is 0.246 e. The van der Waals surface area contributed by atoms with Crippen LogP contribution in [-0.4, -0.2) is 32.1 Å². The summed E-state index contributed by atoms with van der Waals surface area (Å²) >= 11 is 0. The second-order valence-electron chi connectivity index (χ2n) is 7.83. The molecule has 1 aliphatic rings. The molecule has 0 unspecified atom stereocenters. The first-order valence-electron chi connectivity index (χ1n) is 9.68. The Hall–Kier alpha value is -3.48. The summed E-state index contributed by atoms with van der Waals surface area (Å²) in [7, 11) is 0. The van der Waals surface area contributed by atoms with Crippen LogP contribution in [0.15, 0.2) is 47.0 Å². The summed E-state index contributed by atoms with van der Waals surface area (Å²) in [4.78, 5) is 5.94. The average molecular weight is 424 g/mol. The van der Waals surface area contributed by atoms with Crippen LogP contribution in [0.25, 0.3) is 0 Å². The van der Waals surface area contributed by atoms with Crippen molar-refractivity contribution in [2.75, 3.05) is 4.90 Å². The molecule has 0 spiro atoms. The van der Waals surface area contributed by atoms with Gasteiger partial charge in [0.25, 0.3) is 0 Å². The van der Waals surface area contributed by atoms with E-state index in [2.05, 4.69) is 16.2 Å². The van der Waals surface area contributed by atoms with Crippen molar-refractivity contribution in [3.05, 3.63) is 71.1 Å². The highest BCUT2D eigenvalue weighted by molar-refractivity contribution is 5.54. The van der Waals surface area contributed by atoms with Gasteiger partial charge in [0.05, 0.1) is 24.2 Å². The third-order valence-electron chi connectivity index (χ3n) is 5.29. The molecule has 0 aliphatic carbocycles. The Morgan fingerprint density at radius 2 is 1.97 bits per heavy atom. The molecule has 0 fully saturated rings. The van der Waals surface area contributed by atoms with Crippen LogP contribution >= 0.6 is 0 Å². The van der Waals surface area contributed by atoms with Crippen molar-refractivity contribution in [1.82, 2.24) is 10.1 Å². The summed E-state index contributed by atoms with van der Waals surface area (Å²) in [5.41, 5.74) is 0.672. The average Bonchev–Trinajstić information content (AvgIpc) is 3.21. The number of aliphatic hydroxyl groups is 2. The fraction of sp³-hybridized carbons (Fsp3) is 0.318. The molecule has 3 aromatic rings. The van der Waals surface area contributed by atoms with Gasteiger partial charge in [0, 0.05) is 11.3 Å². The fourth-order valence-corrected chi connectivity index (χ4v) is 3.72. The van der Waals surface area contributed by atoms with Gasteiger partial charge in [-0.25, -0.2) is 4.39 Å². The molecule has 2 heterocycles. The number of benzene rings is 2. The highest BCUT2D eigenvalue weighted by Crippen LogP contribution is 2.45. The van der Waals surface area contributed by atoms with Crippen molar-refractivity contribution in [2.45, 2.75) is 44.7 Å². The zero-order chi connectivity index (χ0) is 22.2. The number of fused-ring (bicyclic) bond motifs is 1. The number of rotatable bonds is 5. The van der Waals surface area contributed by atoms with E-state index in [1.54, 1.807) is 49.1 Å². The number of nitriles is 1. The summed E-state index contributed by atoms with van der Waals surface area (Å²) in [5, 5.41) is 33.6. The number of aromatic nitrogens is 2. The van der Waals surface area contributed by atoms with Gasteiger partial charge in [-0.3, -0.25) is 0 Å². The van der Waals surface area contributed by atoms with Gasteiger partial charge in [-0.2, -0.15) is 10.2 Å². The van der Waals surface area contributed by atoms with Gasteiger partial charge in [-0.15, -0.1) is 0 Å². The van der Waals surface area contributed by atoms with Crippen LogP contribution in [0.3, 0.4) is 0 Å². The first-order chi connectivity index (χ1) is 14.8.